The van der Waals surface area contributed by atoms with E-state index in [4.69, 9.17) is 9.84 Å². The molecule has 2 saturated carbocycles. The minimum Gasteiger partial charge on any atom is -0.490 e. The molecule has 0 radical (unpaired) electrons. The highest BCUT2D eigenvalue weighted by Crippen LogP contribution is 2.46. The van der Waals surface area contributed by atoms with Gasteiger partial charge >= 0.3 is 12.1 Å². The molecule has 0 unspecified atom stereocenters. The van der Waals surface area contributed by atoms with Crippen LogP contribution in [0.5, 0.6) is 5.75 Å². The third-order valence-electron chi connectivity index (χ3n) is 6.85. The SMILES string of the molecule is O=C(NCCNC(=O)c1ccc(OC2CCC(C(=O)O)CC2)cc1F)c1ccc(C2CC2)c(C(F)(F)F)c1. The summed E-state index contributed by atoms with van der Waals surface area (Å²) in [6.07, 6.45) is -1.37. The Hall–Kier alpha value is -3.63. The van der Waals surface area contributed by atoms with Gasteiger partial charge in [0.15, 0.2) is 0 Å². The number of aliphatic carboxylic acids is 1. The predicted molar refractivity (Wildman–Crippen MR) is 128 cm³/mol. The van der Waals surface area contributed by atoms with E-state index < -0.39 is 41.3 Å². The Morgan fingerprint density at radius 3 is 2.13 bits per heavy atom. The molecule has 0 aliphatic heterocycles. The number of halogens is 4. The summed E-state index contributed by atoms with van der Waals surface area (Å²) in [6.45, 7) is -0.139. The highest BCUT2D eigenvalue weighted by molar-refractivity contribution is 5.95. The van der Waals surface area contributed by atoms with Crippen molar-refractivity contribution in [3.8, 4) is 5.75 Å². The van der Waals surface area contributed by atoms with Crippen LogP contribution in [0.3, 0.4) is 0 Å². The molecule has 2 aromatic rings. The van der Waals surface area contributed by atoms with Crippen LogP contribution in [0.15, 0.2) is 36.4 Å². The van der Waals surface area contributed by atoms with Crippen molar-refractivity contribution in [2.45, 2.75) is 56.7 Å². The standard InChI is InChI=1S/C27H28F4N2O5/c28-23-14-19(38-18-6-3-16(4-7-18)26(36)37)8-10-21(23)25(35)33-12-11-32-24(34)17-5-9-20(15-1-2-15)22(13-17)27(29,30)31/h5,8-10,13-16,18H,1-4,6-7,11-12H2,(H,32,34)(H,33,35)(H,36,37). The summed E-state index contributed by atoms with van der Waals surface area (Å²) in [6, 6.07) is 7.35. The van der Waals surface area contributed by atoms with Crippen LogP contribution in [0.2, 0.25) is 0 Å². The van der Waals surface area contributed by atoms with Gasteiger partial charge in [-0.05, 0) is 74.3 Å². The van der Waals surface area contributed by atoms with Gasteiger partial charge in [-0.3, -0.25) is 14.4 Å². The largest absolute Gasteiger partial charge is 0.490 e. The number of alkyl halides is 3. The Balaban J connectivity index is 1.25. The molecule has 204 valence electrons. The molecule has 11 heteroatoms. The first-order valence-corrected chi connectivity index (χ1v) is 12.5. The van der Waals surface area contributed by atoms with Gasteiger partial charge in [0.25, 0.3) is 11.8 Å². The molecule has 2 aliphatic carbocycles. The van der Waals surface area contributed by atoms with E-state index in [1.165, 1.54) is 24.3 Å². The lowest BCUT2D eigenvalue weighted by Gasteiger charge is -2.26. The van der Waals surface area contributed by atoms with E-state index in [1.807, 2.05) is 0 Å². The van der Waals surface area contributed by atoms with Gasteiger partial charge in [-0.25, -0.2) is 4.39 Å². The van der Waals surface area contributed by atoms with Crippen LogP contribution in [-0.2, 0) is 11.0 Å². The number of hydrogen-bond acceptors (Lipinski definition) is 4. The zero-order valence-electron chi connectivity index (χ0n) is 20.4. The van der Waals surface area contributed by atoms with E-state index in [0.717, 1.165) is 12.1 Å². The van der Waals surface area contributed by atoms with E-state index in [1.54, 1.807) is 0 Å². The van der Waals surface area contributed by atoms with Crippen LogP contribution in [0.25, 0.3) is 0 Å². The number of hydrogen-bond donors (Lipinski definition) is 3. The summed E-state index contributed by atoms with van der Waals surface area (Å²) in [5.41, 5.74) is -0.975. The van der Waals surface area contributed by atoms with Crippen molar-refractivity contribution in [3.63, 3.8) is 0 Å². The number of ether oxygens (including phenoxy) is 1. The fraction of sp³-hybridized carbons (Fsp3) is 0.444. The average molecular weight is 537 g/mol. The molecule has 0 bridgehead atoms. The number of benzene rings is 2. The summed E-state index contributed by atoms with van der Waals surface area (Å²) < 4.78 is 60.5. The number of rotatable bonds is 9. The smallest absolute Gasteiger partial charge is 0.416 e. The highest BCUT2D eigenvalue weighted by atomic mass is 19.4. The minimum absolute atomic E-state index is 0.0681. The third-order valence-corrected chi connectivity index (χ3v) is 6.85. The molecule has 0 heterocycles. The summed E-state index contributed by atoms with van der Waals surface area (Å²) in [5.74, 6) is -3.36. The summed E-state index contributed by atoms with van der Waals surface area (Å²) in [7, 11) is 0. The van der Waals surface area contributed by atoms with Gasteiger partial charge in [-0.15, -0.1) is 0 Å². The Morgan fingerprint density at radius 2 is 1.55 bits per heavy atom. The first-order chi connectivity index (χ1) is 18.0. The van der Waals surface area contributed by atoms with Gasteiger partial charge in [0, 0.05) is 24.7 Å². The highest BCUT2D eigenvalue weighted by Gasteiger charge is 2.38. The lowest BCUT2D eigenvalue weighted by atomic mass is 9.87. The van der Waals surface area contributed by atoms with Crippen LogP contribution in [0, 0.1) is 11.7 Å². The number of carboxylic acids is 1. The van der Waals surface area contributed by atoms with Crippen LogP contribution in [0.4, 0.5) is 17.6 Å². The van der Waals surface area contributed by atoms with E-state index in [2.05, 4.69) is 10.6 Å². The second-order valence-corrected chi connectivity index (χ2v) is 9.66. The molecule has 2 aromatic carbocycles. The zero-order valence-corrected chi connectivity index (χ0v) is 20.4. The maximum absolute atomic E-state index is 14.5. The van der Waals surface area contributed by atoms with Crippen LogP contribution >= 0.6 is 0 Å². The van der Waals surface area contributed by atoms with Crippen molar-refractivity contribution in [1.29, 1.82) is 0 Å². The monoisotopic (exact) mass is 536 g/mol. The van der Waals surface area contributed by atoms with Gasteiger partial charge in [0.1, 0.15) is 11.6 Å². The molecule has 7 nitrogen and oxygen atoms in total. The van der Waals surface area contributed by atoms with E-state index in [0.29, 0.717) is 38.5 Å². The summed E-state index contributed by atoms with van der Waals surface area (Å²) in [5, 5.41) is 14.0. The Morgan fingerprint density at radius 1 is 0.895 bits per heavy atom. The molecule has 0 atom stereocenters. The Labute approximate surface area is 216 Å². The van der Waals surface area contributed by atoms with Gasteiger partial charge in [0.2, 0.25) is 0 Å². The van der Waals surface area contributed by atoms with Crippen molar-refractivity contribution in [2.24, 2.45) is 5.92 Å². The molecule has 0 spiro atoms. The van der Waals surface area contributed by atoms with Gasteiger partial charge < -0.3 is 20.5 Å². The van der Waals surface area contributed by atoms with Gasteiger partial charge in [-0.1, -0.05) is 6.07 Å². The molecule has 2 fully saturated rings. The van der Waals surface area contributed by atoms with Crippen molar-refractivity contribution >= 4 is 17.8 Å². The molecule has 2 aliphatic rings. The number of carbonyl (C=O) groups is 3. The van der Waals surface area contributed by atoms with E-state index >= 15 is 0 Å². The molecule has 4 rings (SSSR count). The first-order valence-electron chi connectivity index (χ1n) is 12.5. The first kappa shape index (κ1) is 27.4. The minimum atomic E-state index is -4.56. The number of amides is 2. The number of carbonyl (C=O) groups excluding carboxylic acids is 2. The average Bonchev–Trinajstić information content (AvgIpc) is 3.71. The summed E-state index contributed by atoms with van der Waals surface area (Å²) in [4.78, 5) is 35.8. The molecular weight excluding hydrogens is 508 g/mol. The van der Waals surface area contributed by atoms with Gasteiger partial charge in [-0.2, -0.15) is 13.2 Å². The topological polar surface area (TPSA) is 105 Å². The van der Waals surface area contributed by atoms with Crippen molar-refractivity contribution in [1.82, 2.24) is 10.6 Å². The molecule has 0 saturated heterocycles. The quantitative estimate of drug-likeness (QED) is 0.312. The zero-order chi connectivity index (χ0) is 27.4. The van der Waals surface area contributed by atoms with E-state index in [-0.39, 0.29) is 47.6 Å². The summed E-state index contributed by atoms with van der Waals surface area (Å²) >= 11 is 0. The van der Waals surface area contributed by atoms with Crippen molar-refractivity contribution in [3.05, 3.63) is 64.5 Å². The number of nitrogens with one attached hydrogen (secondary N) is 2. The Kier molecular flexibility index (Phi) is 8.23. The molecule has 3 N–H and O–H groups in total. The van der Waals surface area contributed by atoms with E-state index in [9.17, 15) is 31.9 Å². The van der Waals surface area contributed by atoms with Crippen molar-refractivity contribution in [2.75, 3.05) is 13.1 Å². The maximum Gasteiger partial charge on any atom is 0.416 e. The lowest BCUT2D eigenvalue weighted by Crippen LogP contribution is -2.35. The molecule has 0 aromatic heterocycles. The fourth-order valence-corrected chi connectivity index (χ4v) is 4.62. The second-order valence-electron chi connectivity index (χ2n) is 9.66. The Bertz CT molecular complexity index is 1200. The molecule has 38 heavy (non-hydrogen) atoms. The second kappa shape index (κ2) is 11.4. The van der Waals surface area contributed by atoms with Gasteiger partial charge in [0.05, 0.1) is 23.1 Å². The predicted octanol–water partition coefficient (Wildman–Crippen LogP) is 4.90. The molecule has 2 amide bonds. The fourth-order valence-electron chi connectivity index (χ4n) is 4.62. The number of carboxylic acid groups (broad SMARTS) is 1. The van der Waals surface area contributed by atoms with Crippen LogP contribution < -0.4 is 15.4 Å². The normalized spacial score (nSPS) is 19.5. The van der Waals surface area contributed by atoms with Crippen molar-refractivity contribution < 1.29 is 41.8 Å². The lowest BCUT2D eigenvalue weighted by molar-refractivity contribution is -0.143. The van der Waals surface area contributed by atoms with Crippen LogP contribution in [-0.4, -0.2) is 42.1 Å². The maximum atomic E-state index is 14.5. The van der Waals surface area contributed by atoms with Crippen LogP contribution in [0.1, 0.15) is 76.3 Å². The third kappa shape index (κ3) is 6.81. The molecular formula is C27H28F4N2O5.